The van der Waals surface area contributed by atoms with Gasteiger partial charge in [-0.2, -0.15) is 0 Å². The summed E-state index contributed by atoms with van der Waals surface area (Å²) in [6, 6.07) is 15.2. The Morgan fingerprint density at radius 3 is 2.57 bits per heavy atom. The van der Waals surface area contributed by atoms with Crippen molar-refractivity contribution in [3.63, 3.8) is 0 Å². The van der Waals surface area contributed by atoms with Crippen LogP contribution >= 0.6 is 11.6 Å². The van der Waals surface area contributed by atoms with E-state index < -0.39 is 10.0 Å². The SMILES string of the molecule is O=S(=O)(Nc1cccc(Cl)c1)c1cccc2cccnc12. The predicted octanol–water partition coefficient (Wildman–Crippen LogP) is 3.69. The maximum Gasteiger partial charge on any atom is 0.264 e. The maximum absolute atomic E-state index is 12.5. The Labute approximate surface area is 127 Å². The average molecular weight is 319 g/mol. The van der Waals surface area contributed by atoms with Crippen LogP contribution in [-0.2, 0) is 10.0 Å². The average Bonchev–Trinajstić information content (AvgIpc) is 2.46. The molecule has 0 saturated carbocycles. The summed E-state index contributed by atoms with van der Waals surface area (Å²) in [5.74, 6) is 0. The Morgan fingerprint density at radius 1 is 1.00 bits per heavy atom. The van der Waals surface area contributed by atoms with Gasteiger partial charge in [0.15, 0.2) is 0 Å². The zero-order chi connectivity index (χ0) is 14.9. The second-order valence-corrected chi connectivity index (χ2v) is 6.53. The molecule has 21 heavy (non-hydrogen) atoms. The van der Waals surface area contributed by atoms with Crippen molar-refractivity contribution in [2.45, 2.75) is 4.90 Å². The summed E-state index contributed by atoms with van der Waals surface area (Å²) in [5.41, 5.74) is 0.852. The number of nitrogens with one attached hydrogen (secondary N) is 1. The zero-order valence-corrected chi connectivity index (χ0v) is 12.4. The summed E-state index contributed by atoms with van der Waals surface area (Å²) < 4.78 is 27.6. The van der Waals surface area contributed by atoms with Crippen LogP contribution < -0.4 is 4.72 Å². The number of pyridine rings is 1. The lowest BCUT2D eigenvalue weighted by Crippen LogP contribution is -2.13. The minimum absolute atomic E-state index is 0.139. The summed E-state index contributed by atoms with van der Waals surface area (Å²) in [6.07, 6.45) is 1.57. The number of para-hydroxylation sites is 1. The summed E-state index contributed by atoms with van der Waals surface area (Å²) in [7, 11) is -3.73. The molecule has 0 atom stereocenters. The van der Waals surface area contributed by atoms with E-state index >= 15 is 0 Å². The normalized spacial score (nSPS) is 11.5. The quantitative estimate of drug-likeness (QED) is 0.801. The molecule has 0 saturated heterocycles. The lowest BCUT2D eigenvalue weighted by atomic mass is 10.2. The molecule has 1 heterocycles. The molecule has 106 valence electrons. The highest BCUT2D eigenvalue weighted by atomic mass is 35.5. The van der Waals surface area contributed by atoms with Crippen molar-refractivity contribution in [2.24, 2.45) is 0 Å². The molecule has 0 aliphatic carbocycles. The highest BCUT2D eigenvalue weighted by Crippen LogP contribution is 2.24. The molecular weight excluding hydrogens is 308 g/mol. The molecule has 0 aliphatic heterocycles. The van der Waals surface area contributed by atoms with E-state index in [0.29, 0.717) is 16.2 Å². The van der Waals surface area contributed by atoms with Crippen LogP contribution in [0.4, 0.5) is 5.69 Å². The van der Waals surface area contributed by atoms with Gasteiger partial charge in [0.2, 0.25) is 0 Å². The standard InChI is InChI=1S/C15H11ClN2O2S/c16-12-6-2-7-13(10-12)18-21(19,20)14-8-1-4-11-5-3-9-17-15(11)14/h1-10,18H. The Morgan fingerprint density at radius 2 is 1.76 bits per heavy atom. The number of anilines is 1. The molecule has 0 aliphatic rings. The van der Waals surface area contributed by atoms with E-state index in [4.69, 9.17) is 11.6 Å². The van der Waals surface area contributed by atoms with Gasteiger partial charge >= 0.3 is 0 Å². The third-order valence-corrected chi connectivity index (χ3v) is 4.61. The van der Waals surface area contributed by atoms with Gasteiger partial charge in [-0.15, -0.1) is 0 Å². The molecule has 1 aromatic heterocycles. The van der Waals surface area contributed by atoms with E-state index in [1.807, 2.05) is 12.1 Å². The van der Waals surface area contributed by atoms with Gasteiger partial charge in [0.05, 0.1) is 11.2 Å². The number of sulfonamides is 1. The number of halogens is 1. The Balaban J connectivity index is 2.09. The highest BCUT2D eigenvalue weighted by Gasteiger charge is 2.18. The number of hydrogen-bond donors (Lipinski definition) is 1. The van der Waals surface area contributed by atoms with Gasteiger partial charge in [-0.1, -0.05) is 35.9 Å². The Kier molecular flexibility index (Phi) is 3.53. The first-order valence-electron chi connectivity index (χ1n) is 6.18. The van der Waals surface area contributed by atoms with Crippen molar-refractivity contribution >= 4 is 38.2 Å². The van der Waals surface area contributed by atoms with Gasteiger partial charge in [0, 0.05) is 16.6 Å². The van der Waals surface area contributed by atoms with Crippen LogP contribution in [0, 0.1) is 0 Å². The second-order valence-electron chi connectivity index (χ2n) is 4.45. The molecule has 0 radical (unpaired) electrons. The van der Waals surface area contributed by atoms with Gasteiger partial charge in [0.1, 0.15) is 4.90 Å². The highest BCUT2D eigenvalue weighted by molar-refractivity contribution is 7.93. The van der Waals surface area contributed by atoms with E-state index in [2.05, 4.69) is 9.71 Å². The first kappa shape index (κ1) is 13.9. The van der Waals surface area contributed by atoms with Gasteiger partial charge in [-0.05, 0) is 30.3 Å². The van der Waals surface area contributed by atoms with E-state index in [9.17, 15) is 8.42 Å². The molecule has 0 spiro atoms. The molecule has 2 aromatic carbocycles. The topological polar surface area (TPSA) is 59.1 Å². The smallest absolute Gasteiger partial charge is 0.264 e. The second kappa shape index (κ2) is 5.35. The number of hydrogen-bond acceptors (Lipinski definition) is 3. The van der Waals surface area contributed by atoms with Crippen molar-refractivity contribution in [1.82, 2.24) is 4.98 Å². The van der Waals surface area contributed by atoms with Crippen molar-refractivity contribution in [3.05, 3.63) is 65.8 Å². The Hall–Kier alpha value is -2.11. The molecule has 0 fully saturated rings. The molecule has 3 aromatic rings. The van der Waals surface area contributed by atoms with Gasteiger partial charge < -0.3 is 0 Å². The lowest BCUT2D eigenvalue weighted by Gasteiger charge is -2.10. The van der Waals surface area contributed by atoms with E-state index in [0.717, 1.165) is 5.39 Å². The lowest BCUT2D eigenvalue weighted by molar-refractivity contribution is 0.602. The van der Waals surface area contributed by atoms with Crippen molar-refractivity contribution in [3.8, 4) is 0 Å². The van der Waals surface area contributed by atoms with Crippen LogP contribution in [0.25, 0.3) is 10.9 Å². The first-order chi connectivity index (χ1) is 10.1. The molecule has 3 rings (SSSR count). The third-order valence-electron chi connectivity index (χ3n) is 2.96. The fourth-order valence-electron chi connectivity index (χ4n) is 2.06. The molecule has 6 heteroatoms. The number of fused-ring (bicyclic) bond motifs is 1. The Bertz CT molecular complexity index is 905. The molecule has 4 nitrogen and oxygen atoms in total. The summed E-state index contributed by atoms with van der Waals surface area (Å²) in [4.78, 5) is 4.30. The summed E-state index contributed by atoms with van der Waals surface area (Å²) in [6.45, 7) is 0. The monoisotopic (exact) mass is 318 g/mol. The van der Waals surface area contributed by atoms with Crippen LogP contribution in [-0.4, -0.2) is 13.4 Å². The molecular formula is C15H11ClN2O2S. The fourth-order valence-corrected chi connectivity index (χ4v) is 3.48. The van der Waals surface area contributed by atoms with E-state index in [-0.39, 0.29) is 4.90 Å². The van der Waals surface area contributed by atoms with Crippen molar-refractivity contribution < 1.29 is 8.42 Å². The van der Waals surface area contributed by atoms with Crippen molar-refractivity contribution in [2.75, 3.05) is 4.72 Å². The number of benzene rings is 2. The predicted molar refractivity (Wildman–Crippen MR) is 84.0 cm³/mol. The van der Waals surface area contributed by atoms with Gasteiger partial charge in [-0.25, -0.2) is 8.42 Å². The largest absolute Gasteiger partial charge is 0.280 e. The van der Waals surface area contributed by atoms with Crippen molar-refractivity contribution in [1.29, 1.82) is 0 Å². The zero-order valence-electron chi connectivity index (χ0n) is 10.8. The molecule has 1 N–H and O–H groups in total. The molecule has 0 unspecified atom stereocenters. The van der Waals surface area contributed by atoms with E-state index in [1.165, 1.54) is 6.07 Å². The molecule has 0 bridgehead atoms. The van der Waals surface area contributed by atoms with Crippen LogP contribution in [0.1, 0.15) is 0 Å². The third kappa shape index (κ3) is 2.84. The summed E-state index contributed by atoms with van der Waals surface area (Å²) in [5, 5.41) is 1.23. The fraction of sp³-hybridized carbons (Fsp3) is 0. The van der Waals surface area contributed by atoms with Crippen LogP contribution in [0.2, 0.25) is 5.02 Å². The van der Waals surface area contributed by atoms with E-state index in [1.54, 1.807) is 42.6 Å². The van der Waals surface area contributed by atoms with Crippen LogP contribution in [0.15, 0.2) is 65.7 Å². The van der Waals surface area contributed by atoms with Crippen LogP contribution in [0.5, 0.6) is 0 Å². The van der Waals surface area contributed by atoms with Crippen LogP contribution in [0.3, 0.4) is 0 Å². The minimum Gasteiger partial charge on any atom is -0.280 e. The first-order valence-corrected chi connectivity index (χ1v) is 8.04. The van der Waals surface area contributed by atoms with Gasteiger partial charge in [-0.3, -0.25) is 9.71 Å². The van der Waals surface area contributed by atoms with Gasteiger partial charge in [0.25, 0.3) is 10.0 Å². The number of nitrogens with zero attached hydrogens (tertiary/aromatic N) is 1. The number of rotatable bonds is 3. The molecule has 0 amide bonds. The number of aromatic nitrogens is 1. The maximum atomic E-state index is 12.5. The summed E-state index contributed by atoms with van der Waals surface area (Å²) >= 11 is 5.87. The minimum atomic E-state index is -3.73.